The monoisotopic (exact) mass is 335 g/mol. The van der Waals surface area contributed by atoms with Crippen molar-refractivity contribution in [1.29, 1.82) is 0 Å². The number of benzene rings is 1. The van der Waals surface area contributed by atoms with E-state index < -0.39 is 11.9 Å². The molecule has 0 N–H and O–H groups in total. The van der Waals surface area contributed by atoms with Crippen LogP contribution in [0.5, 0.6) is 0 Å². The number of aryl methyl sites for hydroxylation is 1. The Morgan fingerprint density at radius 3 is 2.26 bits per heavy atom. The van der Waals surface area contributed by atoms with Crippen molar-refractivity contribution in [3.63, 3.8) is 0 Å². The fourth-order valence-electron chi connectivity index (χ4n) is 2.07. The van der Waals surface area contributed by atoms with Gasteiger partial charge in [0.2, 0.25) is 0 Å². The van der Waals surface area contributed by atoms with Crippen LogP contribution < -0.4 is 0 Å². The van der Waals surface area contributed by atoms with Crippen molar-refractivity contribution in [3.8, 4) is 0 Å². The van der Waals surface area contributed by atoms with E-state index in [0.29, 0.717) is 17.7 Å². The normalized spacial score (nSPS) is 11.8. The molecule has 23 heavy (non-hydrogen) atoms. The smallest absolute Gasteiger partial charge is 0.261 e. The number of hydrogen-bond donors (Lipinski definition) is 0. The van der Waals surface area contributed by atoms with Crippen molar-refractivity contribution in [2.75, 3.05) is 5.75 Å². The molecule has 0 bridgehead atoms. The van der Waals surface area contributed by atoms with Gasteiger partial charge in [0.1, 0.15) is 5.03 Å². The van der Waals surface area contributed by atoms with Gasteiger partial charge >= 0.3 is 6.18 Å². The molecular formula is C16H12F3N3S. The first-order valence-electron chi connectivity index (χ1n) is 6.91. The predicted octanol–water partition coefficient (Wildman–Crippen LogP) is 4.38. The second-order valence-corrected chi connectivity index (χ2v) is 5.87. The highest BCUT2D eigenvalue weighted by molar-refractivity contribution is 7.99. The van der Waals surface area contributed by atoms with E-state index in [-0.39, 0.29) is 10.5 Å². The molecule has 2 aromatic heterocycles. The Kier molecular flexibility index (Phi) is 4.47. The van der Waals surface area contributed by atoms with E-state index in [2.05, 4.69) is 15.0 Å². The van der Waals surface area contributed by atoms with Gasteiger partial charge in [-0.3, -0.25) is 4.98 Å². The SMILES string of the molecule is FC(F)(F)c1nc2ccccc2nc1SCCc1ccccn1. The van der Waals surface area contributed by atoms with E-state index >= 15 is 0 Å². The zero-order valence-corrected chi connectivity index (χ0v) is 12.7. The van der Waals surface area contributed by atoms with E-state index in [1.165, 1.54) is 6.07 Å². The van der Waals surface area contributed by atoms with Gasteiger partial charge in [-0.05, 0) is 30.7 Å². The van der Waals surface area contributed by atoms with Crippen LogP contribution in [0.25, 0.3) is 11.0 Å². The maximum absolute atomic E-state index is 13.2. The molecule has 3 aromatic rings. The second kappa shape index (κ2) is 6.54. The molecule has 2 heterocycles. The highest BCUT2D eigenvalue weighted by Gasteiger charge is 2.36. The lowest BCUT2D eigenvalue weighted by Crippen LogP contribution is -2.12. The van der Waals surface area contributed by atoms with Gasteiger partial charge in [0, 0.05) is 17.6 Å². The van der Waals surface area contributed by atoms with Crippen molar-refractivity contribution in [2.24, 2.45) is 0 Å². The molecule has 0 unspecified atom stereocenters. The van der Waals surface area contributed by atoms with Gasteiger partial charge in [-0.1, -0.05) is 18.2 Å². The fourth-order valence-corrected chi connectivity index (χ4v) is 3.03. The summed E-state index contributed by atoms with van der Waals surface area (Å²) in [5.41, 5.74) is 0.610. The van der Waals surface area contributed by atoms with Crippen molar-refractivity contribution < 1.29 is 13.2 Å². The molecule has 0 spiro atoms. The second-order valence-electron chi connectivity index (χ2n) is 4.78. The molecule has 0 aliphatic heterocycles. The number of fused-ring (bicyclic) bond motifs is 1. The molecule has 0 saturated heterocycles. The minimum Gasteiger partial charge on any atom is -0.261 e. The number of aromatic nitrogens is 3. The number of rotatable bonds is 4. The predicted molar refractivity (Wildman–Crippen MR) is 83.2 cm³/mol. The minimum atomic E-state index is -4.52. The standard InChI is InChI=1S/C16H12F3N3S/c17-16(18,19)14-15(22-13-7-2-1-6-12(13)21-14)23-10-8-11-5-3-4-9-20-11/h1-7,9H,8,10H2. The number of nitrogens with zero attached hydrogens (tertiary/aromatic N) is 3. The average molecular weight is 335 g/mol. The Hall–Kier alpha value is -2.15. The molecule has 118 valence electrons. The largest absolute Gasteiger partial charge is 0.436 e. The summed E-state index contributed by atoms with van der Waals surface area (Å²) in [6, 6.07) is 12.1. The van der Waals surface area contributed by atoms with Crippen LogP contribution in [0.2, 0.25) is 0 Å². The molecule has 0 radical (unpaired) electrons. The van der Waals surface area contributed by atoms with Gasteiger partial charge in [0.25, 0.3) is 0 Å². The summed E-state index contributed by atoms with van der Waals surface area (Å²) in [4.78, 5) is 12.0. The number of para-hydroxylation sites is 2. The summed E-state index contributed by atoms with van der Waals surface area (Å²) in [5, 5.41) is -0.0906. The summed E-state index contributed by atoms with van der Waals surface area (Å²) in [6.45, 7) is 0. The van der Waals surface area contributed by atoms with Gasteiger partial charge in [0.15, 0.2) is 5.69 Å². The number of alkyl halides is 3. The maximum Gasteiger partial charge on any atom is 0.436 e. The maximum atomic E-state index is 13.2. The quantitative estimate of drug-likeness (QED) is 0.663. The molecule has 0 amide bonds. The van der Waals surface area contributed by atoms with E-state index in [4.69, 9.17) is 0 Å². The van der Waals surface area contributed by atoms with Gasteiger partial charge in [-0.2, -0.15) is 13.2 Å². The minimum absolute atomic E-state index is 0.0906. The van der Waals surface area contributed by atoms with Crippen LogP contribution in [0.4, 0.5) is 13.2 Å². The van der Waals surface area contributed by atoms with Crippen molar-refractivity contribution in [1.82, 2.24) is 15.0 Å². The Morgan fingerprint density at radius 1 is 0.913 bits per heavy atom. The van der Waals surface area contributed by atoms with Crippen LogP contribution in [0.15, 0.2) is 53.7 Å². The summed E-state index contributed by atoms with van der Waals surface area (Å²) >= 11 is 1.05. The van der Waals surface area contributed by atoms with Crippen molar-refractivity contribution in [2.45, 2.75) is 17.6 Å². The molecular weight excluding hydrogens is 323 g/mol. The lowest BCUT2D eigenvalue weighted by atomic mass is 10.3. The van der Waals surface area contributed by atoms with E-state index in [1.54, 1.807) is 30.5 Å². The molecule has 7 heteroatoms. The van der Waals surface area contributed by atoms with Crippen LogP contribution in [0.3, 0.4) is 0 Å². The zero-order valence-electron chi connectivity index (χ0n) is 11.9. The number of pyridine rings is 1. The lowest BCUT2D eigenvalue weighted by molar-refractivity contribution is -0.143. The Balaban J connectivity index is 1.86. The summed E-state index contributed by atoms with van der Waals surface area (Å²) in [5.74, 6) is 0.452. The van der Waals surface area contributed by atoms with Gasteiger partial charge < -0.3 is 0 Å². The van der Waals surface area contributed by atoms with Gasteiger partial charge in [0.05, 0.1) is 11.0 Å². The Morgan fingerprint density at radius 2 is 1.61 bits per heavy atom. The molecule has 0 saturated carbocycles. The third-order valence-electron chi connectivity index (χ3n) is 3.13. The van der Waals surface area contributed by atoms with Crippen LogP contribution in [0, 0.1) is 0 Å². The fraction of sp³-hybridized carbons (Fsp3) is 0.188. The third-order valence-corrected chi connectivity index (χ3v) is 4.10. The van der Waals surface area contributed by atoms with Crippen LogP contribution >= 0.6 is 11.8 Å². The van der Waals surface area contributed by atoms with Crippen molar-refractivity contribution >= 4 is 22.8 Å². The number of halogens is 3. The van der Waals surface area contributed by atoms with E-state index in [9.17, 15) is 13.2 Å². The summed E-state index contributed by atoms with van der Waals surface area (Å²) < 4.78 is 39.6. The molecule has 0 fully saturated rings. The van der Waals surface area contributed by atoms with E-state index in [0.717, 1.165) is 17.5 Å². The molecule has 0 aliphatic carbocycles. The molecule has 0 aliphatic rings. The number of thioether (sulfide) groups is 1. The van der Waals surface area contributed by atoms with Crippen LogP contribution in [-0.2, 0) is 12.6 Å². The highest BCUT2D eigenvalue weighted by Crippen LogP contribution is 2.35. The van der Waals surface area contributed by atoms with E-state index in [1.807, 2.05) is 12.1 Å². The number of hydrogen-bond acceptors (Lipinski definition) is 4. The summed E-state index contributed by atoms with van der Waals surface area (Å²) in [6.07, 6.45) is -2.29. The zero-order chi connectivity index (χ0) is 16.3. The third kappa shape index (κ3) is 3.79. The van der Waals surface area contributed by atoms with Gasteiger partial charge in [-0.15, -0.1) is 11.8 Å². The Labute approximate surface area is 135 Å². The molecule has 1 aromatic carbocycles. The average Bonchev–Trinajstić information content (AvgIpc) is 2.54. The molecule has 3 nitrogen and oxygen atoms in total. The summed E-state index contributed by atoms with van der Waals surface area (Å²) in [7, 11) is 0. The first kappa shape index (κ1) is 15.7. The van der Waals surface area contributed by atoms with Crippen LogP contribution in [-0.4, -0.2) is 20.7 Å². The van der Waals surface area contributed by atoms with Crippen LogP contribution in [0.1, 0.15) is 11.4 Å². The first-order chi connectivity index (χ1) is 11.0. The van der Waals surface area contributed by atoms with Gasteiger partial charge in [-0.25, -0.2) is 9.97 Å². The molecule has 0 atom stereocenters. The molecule has 3 rings (SSSR count). The first-order valence-corrected chi connectivity index (χ1v) is 7.89. The van der Waals surface area contributed by atoms with Crippen molar-refractivity contribution in [3.05, 3.63) is 60.0 Å². The topological polar surface area (TPSA) is 38.7 Å². The highest BCUT2D eigenvalue weighted by atomic mass is 32.2. The lowest BCUT2D eigenvalue weighted by Gasteiger charge is -2.11. The Bertz CT molecular complexity index is 807.